The molecule has 0 radical (unpaired) electrons. The molecule has 22 heavy (non-hydrogen) atoms. The van der Waals surface area contributed by atoms with Crippen molar-refractivity contribution in [3.63, 3.8) is 0 Å². The van der Waals surface area contributed by atoms with Crippen LogP contribution in [-0.4, -0.2) is 61.8 Å². The third-order valence-electron chi connectivity index (χ3n) is 3.81. The normalized spacial score (nSPS) is 18.9. The highest BCUT2D eigenvalue weighted by Gasteiger charge is 2.15. The summed E-state index contributed by atoms with van der Waals surface area (Å²) in [7, 11) is 0. The van der Waals surface area contributed by atoms with Crippen LogP contribution >= 0.6 is 24.0 Å². The average molecular weight is 426 g/mol. The topological polar surface area (TPSA) is 48.9 Å². The second-order valence-electron chi connectivity index (χ2n) is 6.21. The van der Waals surface area contributed by atoms with Gasteiger partial charge in [-0.3, -0.25) is 9.89 Å². The van der Waals surface area contributed by atoms with E-state index in [4.69, 9.17) is 4.74 Å². The van der Waals surface area contributed by atoms with Gasteiger partial charge in [-0.2, -0.15) is 0 Å². The highest BCUT2D eigenvalue weighted by Crippen LogP contribution is 2.11. The first kappa shape index (κ1) is 21.9. The number of rotatable bonds is 8. The summed E-state index contributed by atoms with van der Waals surface area (Å²) >= 11 is 0. The smallest absolute Gasteiger partial charge is 0.191 e. The molecule has 0 saturated carbocycles. The summed E-state index contributed by atoms with van der Waals surface area (Å²) in [4.78, 5) is 7.12. The number of hydrogen-bond donors (Lipinski definition) is 2. The van der Waals surface area contributed by atoms with Crippen molar-refractivity contribution in [2.45, 2.75) is 65.6 Å². The van der Waals surface area contributed by atoms with E-state index in [1.165, 1.54) is 6.42 Å². The first-order valence-corrected chi connectivity index (χ1v) is 8.44. The van der Waals surface area contributed by atoms with Crippen LogP contribution in [0, 0.1) is 0 Å². The van der Waals surface area contributed by atoms with E-state index in [0.717, 1.165) is 45.2 Å². The second kappa shape index (κ2) is 12.4. The van der Waals surface area contributed by atoms with Gasteiger partial charge in [-0.25, -0.2) is 0 Å². The van der Waals surface area contributed by atoms with Gasteiger partial charge in [0.15, 0.2) is 5.96 Å². The Bertz CT molecular complexity index is 297. The SMILES string of the molecule is CCNC(=NCC1CCCO1)NCCN(C(C)C)C(C)C.I. The molecule has 0 aromatic rings. The Balaban J connectivity index is 0.00000441. The molecule has 132 valence electrons. The number of ether oxygens (including phenoxy) is 1. The van der Waals surface area contributed by atoms with Crippen molar-refractivity contribution in [3.05, 3.63) is 0 Å². The molecule has 6 heteroatoms. The fourth-order valence-electron chi connectivity index (χ4n) is 2.74. The van der Waals surface area contributed by atoms with Gasteiger partial charge in [-0.1, -0.05) is 0 Å². The Morgan fingerprint density at radius 3 is 2.41 bits per heavy atom. The van der Waals surface area contributed by atoms with E-state index >= 15 is 0 Å². The zero-order valence-electron chi connectivity index (χ0n) is 14.9. The molecule has 0 aromatic heterocycles. The van der Waals surface area contributed by atoms with Crippen LogP contribution in [0.1, 0.15) is 47.5 Å². The molecular formula is C16H35IN4O. The third-order valence-corrected chi connectivity index (χ3v) is 3.81. The van der Waals surface area contributed by atoms with E-state index in [-0.39, 0.29) is 24.0 Å². The summed E-state index contributed by atoms with van der Waals surface area (Å²) in [5.74, 6) is 0.903. The molecule has 5 nitrogen and oxygen atoms in total. The molecule has 2 N–H and O–H groups in total. The maximum Gasteiger partial charge on any atom is 0.191 e. The largest absolute Gasteiger partial charge is 0.376 e. The molecule has 1 saturated heterocycles. The van der Waals surface area contributed by atoms with Crippen molar-refractivity contribution in [1.82, 2.24) is 15.5 Å². The lowest BCUT2D eigenvalue weighted by Gasteiger charge is -2.30. The zero-order valence-corrected chi connectivity index (χ0v) is 17.2. The van der Waals surface area contributed by atoms with Gasteiger partial charge >= 0.3 is 0 Å². The summed E-state index contributed by atoms with van der Waals surface area (Å²) in [6.45, 7) is 15.6. The number of halogens is 1. The molecule has 1 rings (SSSR count). The number of aliphatic imine (C=N–C) groups is 1. The van der Waals surface area contributed by atoms with Gasteiger partial charge in [-0.05, 0) is 47.5 Å². The molecule has 0 amide bonds. The number of guanidine groups is 1. The quantitative estimate of drug-likeness (QED) is 0.356. The van der Waals surface area contributed by atoms with Crippen LogP contribution in [0.25, 0.3) is 0 Å². The fraction of sp³-hybridized carbons (Fsp3) is 0.938. The van der Waals surface area contributed by atoms with Gasteiger partial charge in [-0.15, -0.1) is 24.0 Å². The third kappa shape index (κ3) is 8.53. The van der Waals surface area contributed by atoms with Crippen LogP contribution in [0.2, 0.25) is 0 Å². The lowest BCUT2D eigenvalue weighted by Crippen LogP contribution is -2.45. The van der Waals surface area contributed by atoms with Gasteiger partial charge in [0.2, 0.25) is 0 Å². The first-order chi connectivity index (χ1) is 10.0. The molecule has 1 fully saturated rings. The van der Waals surface area contributed by atoms with Crippen molar-refractivity contribution in [1.29, 1.82) is 0 Å². The van der Waals surface area contributed by atoms with Crippen LogP contribution < -0.4 is 10.6 Å². The molecule has 0 aliphatic carbocycles. The maximum absolute atomic E-state index is 5.62. The van der Waals surface area contributed by atoms with Gasteiger partial charge < -0.3 is 15.4 Å². The van der Waals surface area contributed by atoms with Crippen molar-refractivity contribution < 1.29 is 4.74 Å². The number of nitrogens with one attached hydrogen (secondary N) is 2. The van der Waals surface area contributed by atoms with Crippen molar-refractivity contribution in [2.24, 2.45) is 4.99 Å². The Morgan fingerprint density at radius 2 is 1.91 bits per heavy atom. The molecule has 0 aromatic carbocycles. The molecule has 1 aliphatic heterocycles. The standard InChI is InChI=1S/C16H34N4O.HI/c1-6-17-16(19-12-15-8-7-11-21-15)18-9-10-20(13(2)3)14(4)5;/h13-15H,6-12H2,1-5H3,(H2,17,18,19);1H. The second-order valence-corrected chi connectivity index (χ2v) is 6.21. The molecule has 1 aliphatic rings. The highest BCUT2D eigenvalue weighted by atomic mass is 127. The van der Waals surface area contributed by atoms with E-state index in [2.05, 4.69) is 55.1 Å². The fourth-order valence-corrected chi connectivity index (χ4v) is 2.74. The summed E-state index contributed by atoms with van der Waals surface area (Å²) < 4.78 is 5.62. The Morgan fingerprint density at radius 1 is 1.23 bits per heavy atom. The summed E-state index contributed by atoms with van der Waals surface area (Å²) in [5.41, 5.74) is 0. The van der Waals surface area contributed by atoms with E-state index in [1.54, 1.807) is 0 Å². The number of hydrogen-bond acceptors (Lipinski definition) is 3. The monoisotopic (exact) mass is 426 g/mol. The predicted molar refractivity (Wildman–Crippen MR) is 105 cm³/mol. The van der Waals surface area contributed by atoms with Crippen LogP contribution in [0.15, 0.2) is 4.99 Å². The summed E-state index contributed by atoms with van der Waals surface area (Å²) in [5, 5.41) is 6.73. The Hall–Kier alpha value is -0.0800. The van der Waals surface area contributed by atoms with Gasteiger partial charge in [0.05, 0.1) is 12.6 Å². The minimum atomic E-state index is 0. The van der Waals surface area contributed by atoms with Crippen LogP contribution in [0.5, 0.6) is 0 Å². The van der Waals surface area contributed by atoms with E-state index in [1.807, 2.05) is 0 Å². The Labute approximate surface area is 153 Å². The van der Waals surface area contributed by atoms with E-state index in [9.17, 15) is 0 Å². The van der Waals surface area contributed by atoms with Gasteiger partial charge in [0, 0.05) is 38.3 Å². The zero-order chi connectivity index (χ0) is 15.7. The molecule has 1 atom stereocenters. The first-order valence-electron chi connectivity index (χ1n) is 8.44. The molecule has 1 unspecified atom stereocenters. The number of nitrogens with zero attached hydrogens (tertiary/aromatic N) is 2. The molecular weight excluding hydrogens is 391 g/mol. The maximum atomic E-state index is 5.62. The molecule has 1 heterocycles. The van der Waals surface area contributed by atoms with Crippen molar-refractivity contribution in [2.75, 3.05) is 32.8 Å². The lowest BCUT2D eigenvalue weighted by atomic mass is 10.2. The van der Waals surface area contributed by atoms with Crippen LogP contribution in [-0.2, 0) is 4.74 Å². The lowest BCUT2D eigenvalue weighted by molar-refractivity contribution is 0.117. The molecule has 0 spiro atoms. The van der Waals surface area contributed by atoms with Crippen LogP contribution in [0.4, 0.5) is 0 Å². The van der Waals surface area contributed by atoms with Gasteiger partial charge in [0.1, 0.15) is 0 Å². The van der Waals surface area contributed by atoms with E-state index < -0.39 is 0 Å². The van der Waals surface area contributed by atoms with Crippen LogP contribution in [0.3, 0.4) is 0 Å². The van der Waals surface area contributed by atoms with E-state index in [0.29, 0.717) is 18.2 Å². The van der Waals surface area contributed by atoms with Crippen molar-refractivity contribution >= 4 is 29.9 Å². The van der Waals surface area contributed by atoms with Gasteiger partial charge in [0.25, 0.3) is 0 Å². The predicted octanol–water partition coefficient (Wildman–Crippen LogP) is 2.46. The minimum absolute atomic E-state index is 0. The summed E-state index contributed by atoms with van der Waals surface area (Å²) in [6, 6.07) is 1.14. The highest BCUT2D eigenvalue weighted by molar-refractivity contribution is 14.0. The van der Waals surface area contributed by atoms with Crippen molar-refractivity contribution in [3.8, 4) is 0 Å². The average Bonchev–Trinajstić information content (AvgIpc) is 2.93. The molecule has 0 bridgehead atoms. The Kier molecular flexibility index (Phi) is 12.3. The summed E-state index contributed by atoms with van der Waals surface area (Å²) in [6.07, 6.45) is 2.61. The minimum Gasteiger partial charge on any atom is -0.376 e.